The first-order valence-corrected chi connectivity index (χ1v) is 7.89. The standard InChI is InChI=1S/C17H18N4O4/c1-9-18-11-5-4-6-12(19-10(2)22)14(11)15(24)21(9)17(3)8-7-13(23)20-16(17)25/h4-6H,7-8H2,1-3H3,(H,19,22)(H,20,23,25)/t17-/m0/s1. The molecule has 0 spiro atoms. The van der Waals surface area contributed by atoms with Crippen LogP contribution in [-0.2, 0) is 19.9 Å². The van der Waals surface area contributed by atoms with E-state index in [-0.39, 0.29) is 30.0 Å². The SMILES string of the molecule is CC(=O)Nc1cccc2nc(C)n([C@@]3(C)CCC(=O)NC3=O)c(=O)c12. The third kappa shape index (κ3) is 2.69. The summed E-state index contributed by atoms with van der Waals surface area (Å²) in [6.07, 6.45) is 0.341. The van der Waals surface area contributed by atoms with Crippen LogP contribution in [0, 0.1) is 6.92 Å². The Hall–Kier alpha value is -3.03. The average Bonchev–Trinajstić information content (AvgIpc) is 2.51. The molecule has 25 heavy (non-hydrogen) atoms. The normalized spacial score (nSPS) is 20.4. The molecule has 1 aromatic heterocycles. The summed E-state index contributed by atoms with van der Waals surface area (Å²) in [5.74, 6) is -0.844. The lowest BCUT2D eigenvalue weighted by molar-refractivity contribution is -0.140. The number of imide groups is 1. The zero-order valence-electron chi connectivity index (χ0n) is 14.2. The zero-order chi connectivity index (χ0) is 18.4. The van der Waals surface area contributed by atoms with Crippen LogP contribution in [0.25, 0.3) is 10.9 Å². The van der Waals surface area contributed by atoms with E-state index in [4.69, 9.17) is 0 Å². The minimum absolute atomic E-state index is 0.138. The van der Waals surface area contributed by atoms with Gasteiger partial charge < -0.3 is 5.32 Å². The topological polar surface area (TPSA) is 110 Å². The molecule has 3 rings (SSSR count). The summed E-state index contributed by atoms with van der Waals surface area (Å²) in [6, 6.07) is 4.98. The van der Waals surface area contributed by atoms with Gasteiger partial charge in [0.1, 0.15) is 11.4 Å². The van der Waals surface area contributed by atoms with Crippen molar-refractivity contribution in [1.82, 2.24) is 14.9 Å². The lowest BCUT2D eigenvalue weighted by atomic mass is 9.90. The van der Waals surface area contributed by atoms with Crippen molar-refractivity contribution in [2.45, 2.75) is 39.2 Å². The number of hydrogen-bond acceptors (Lipinski definition) is 5. The van der Waals surface area contributed by atoms with Gasteiger partial charge in [-0.1, -0.05) is 6.07 Å². The number of fused-ring (bicyclic) bond motifs is 1. The summed E-state index contributed by atoms with van der Waals surface area (Å²) in [6.45, 7) is 4.60. The second kappa shape index (κ2) is 5.80. The summed E-state index contributed by atoms with van der Waals surface area (Å²) in [5, 5.41) is 5.14. The van der Waals surface area contributed by atoms with E-state index in [0.717, 1.165) is 0 Å². The molecule has 1 aliphatic rings. The first kappa shape index (κ1) is 16.8. The molecule has 1 aromatic carbocycles. The third-order valence-corrected chi connectivity index (χ3v) is 4.45. The Kier molecular flexibility index (Phi) is 3.90. The number of nitrogens with one attached hydrogen (secondary N) is 2. The molecule has 2 heterocycles. The molecule has 3 amide bonds. The lowest BCUT2D eigenvalue weighted by Gasteiger charge is -2.34. The Balaban J connectivity index is 2.29. The smallest absolute Gasteiger partial charge is 0.264 e. The van der Waals surface area contributed by atoms with Crippen LogP contribution in [-0.4, -0.2) is 27.3 Å². The lowest BCUT2D eigenvalue weighted by Crippen LogP contribution is -2.56. The van der Waals surface area contributed by atoms with Gasteiger partial charge in [0, 0.05) is 13.3 Å². The van der Waals surface area contributed by atoms with Crippen molar-refractivity contribution in [3.63, 3.8) is 0 Å². The monoisotopic (exact) mass is 342 g/mol. The highest BCUT2D eigenvalue weighted by Crippen LogP contribution is 2.28. The van der Waals surface area contributed by atoms with Gasteiger partial charge in [0.15, 0.2) is 0 Å². The average molecular weight is 342 g/mol. The molecule has 8 heteroatoms. The summed E-state index contributed by atoms with van der Waals surface area (Å²) in [7, 11) is 0. The van der Waals surface area contributed by atoms with Crippen molar-refractivity contribution >= 4 is 34.3 Å². The van der Waals surface area contributed by atoms with Crippen molar-refractivity contribution in [3.05, 3.63) is 34.4 Å². The van der Waals surface area contributed by atoms with Gasteiger partial charge in [0.25, 0.3) is 11.5 Å². The van der Waals surface area contributed by atoms with Crippen LogP contribution in [0.1, 0.15) is 32.5 Å². The van der Waals surface area contributed by atoms with E-state index < -0.39 is 17.0 Å². The highest BCUT2D eigenvalue weighted by molar-refractivity contribution is 6.02. The minimum atomic E-state index is -1.22. The van der Waals surface area contributed by atoms with E-state index in [9.17, 15) is 19.2 Å². The quantitative estimate of drug-likeness (QED) is 0.785. The van der Waals surface area contributed by atoms with Crippen LogP contribution in [0.3, 0.4) is 0 Å². The zero-order valence-corrected chi connectivity index (χ0v) is 14.2. The molecular weight excluding hydrogens is 324 g/mol. The third-order valence-electron chi connectivity index (χ3n) is 4.45. The van der Waals surface area contributed by atoms with E-state index in [1.807, 2.05) is 0 Å². The van der Waals surface area contributed by atoms with E-state index >= 15 is 0 Å². The minimum Gasteiger partial charge on any atom is -0.326 e. The van der Waals surface area contributed by atoms with Gasteiger partial charge in [0.2, 0.25) is 11.8 Å². The molecule has 0 aliphatic carbocycles. The van der Waals surface area contributed by atoms with Gasteiger partial charge >= 0.3 is 0 Å². The van der Waals surface area contributed by atoms with E-state index in [1.165, 1.54) is 11.5 Å². The molecule has 8 nitrogen and oxygen atoms in total. The fourth-order valence-corrected chi connectivity index (χ4v) is 3.22. The second-order valence-corrected chi connectivity index (χ2v) is 6.33. The molecular formula is C17H18N4O4. The van der Waals surface area contributed by atoms with Gasteiger partial charge in [-0.3, -0.25) is 29.1 Å². The first-order chi connectivity index (χ1) is 11.7. The Morgan fingerprint density at radius 2 is 2.04 bits per heavy atom. The van der Waals surface area contributed by atoms with Gasteiger partial charge in [0.05, 0.1) is 16.6 Å². The van der Waals surface area contributed by atoms with E-state index in [0.29, 0.717) is 17.0 Å². The predicted octanol–water partition coefficient (Wildman–Crippen LogP) is 0.815. The molecule has 1 saturated heterocycles. The Morgan fingerprint density at radius 3 is 2.68 bits per heavy atom. The molecule has 2 N–H and O–H groups in total. The van der Waals surface area contributed by atoms with Crippen LogP contribution in [0.4, 0.5) is 5.69 Å². The number of benzene rings is 1. The van der Waals surface area contributed by atoms with Crippen LogP contribution < -0.4 is 16.2 Å². The molecule has 1 aliphatic heterocycles. The molecule has 1 fully saturated rings. The Morgan fingerprint density at radius 1 is 1.32 bits per heavy atom. The maximum atomic E-state index is 13.2. The molecule has 0 radical (unpaired) electrons. The predicted molar refractivity (Wildman–Crippen MR) is 91.1 cm³/mol. The molecule has 1 atom stereocenters. The highest BCUT2D eigenvalue weighted by Gasteiger charge is 2.42. The van der Waals surface area contributed by atoms with Crippen molar-refractivity contribution < 1.29 is 14.4 Å². The summed E-state index contributed by atoms with van der Waals surface area (Å²) < 4.78 is 1.31. The number of rotatable bonds is 2. The second-order valence-electron chi connectivity index (χ2n) is 6.33. The maximum Gasteiger partial charge on any atom is 0.264 e. The largest absolute Gasteiger partial charge is 0.326 e. The number of carbonyl (C=O) groups is 3. The summed E-state index contributed by atoms with van der Waals surface area (Å²) in [4.78, 5) is 53.0. The molecule has 2 aromatic rings. The van der Waals surface area contributed by atoms with Gasteiger partial charge in [-0.15, -0.1) is 0 Å². The number of hydrogen-bond donors (Lipinski definition) is 2. The van der Waals surface area contributed by atoms with Crippen LogP contribution >= 0.6 is 0 Å². The van der Waals surface area contributed by atoms with E-state index in [1.54, 1.807) is 32.0 Å². The van der Waals surface area contributed by atoms with Crippen LogP contribution in [0.5, 0.6) is 0 Å². The van der Waals surface area contributed by atoms with Gasteiger partial charge in [-0.25, -0.2) is 4.98 Å². The number of piperidine rings is 1. The fraction of sp³-hybridized carbons (Fsp3) is 0.353. The molecule has 0 bridgehead atoms. The molecule has 130 valence electrons. The van der Waals surface area contributed by atoms with Crippen molar-refractivity contribution in [2.75, 3.05) is 5.32 Å². The molecule has 0 unspecified atom stereocenters. The van der Waals surface area contributed by atoms with Crippen LogP contribution in [0.15, 0.2) is 23.0 Å². The van der Waals surface area contributed by atoms with Crippen LogP contribution in [0.2, 0.25) is 0 Å². The van der Waals surface area contributed by atoms with E-state index in [2.05, 4.69) is 15.6 Å². The first-order valence-electron chi connectivity index (χ1n) is 7.89. The van der Waals surface area contributed by atoms with Crippen molar-refractivity contribution in [1.29, 1.82) is 0 Å². The summed E-state index contributed by atoms with van der Waals surface area (Å²) >= 11 is 0. The highest BCUT2D eigenvalue weighted by atomic mass is 16.2. The fourth-order valence-electron chi connectivity index (χ4n) is 3.22. The number of amides is 3. The van der Waals surface area contributed by atoms with Gasteiger partial charge in [-0.2, -0.15) is 0 Å². The number of aromatic nitrogens is 2. The molecule has 0 saturated carbocycles. The number of aryl methyl sites for hydroxylation is 1. The Bertz CT molecular complexity index is 979. The number of carbonyl (C=O) groups excluding carboxylic acids is 3. The number of nitrogens with zero attached hydrogens (tertiary/aromatic N) is 2. The van der Waals surface area contributed by atoms with Gasteiger partial charge in [-0.05, 0) is 32.4 Å². The Labute approximate surface area is 143 Å². The number of anilines is 1. The maximum absolute atomic E-state index is 13.2. The van der Waals surface area contributed by atoms with Crippen molar-refractivity contribution in [3.8, 4) is 0 Å². The summed E-state index contributed by atoms with van der Waals surface area (Å²) in [5.41, 5.74) is -0.883. The van der Waals surface area contributed by atoms with Crippen molar-refractivity contribution in [2.24, 2.45) is 0 Å².